The summed E-state index contributed by atoms with van der Waals surface area (Å²) in [5.41, 5.74) is 0.855. The zero-order chi connectivity index (χ0) is 11.8. The molecular formula is C12H13ClN2O2. The van der Waals surface area contributed by atoms with Gasteiger partial charge >= 0.3 is 6.09 Å². The van der Waals surface area contributed by atoms with Gasteiger partial charge in [-0.3, -0.25) is 4.90 Å². The van der Waals surface area contributed by atoms with E-state index in [-0.39, 0.29) is 18.2 Å². The molecule has 0 radical (unpaired) electrons. The SMILES string of the molecule is O=C1OC2CNCCC2N1c1ccc(Cl)cc1. The first-order valence-corrected chi connectivity index (χ1v) is 6.09. The van der Waals surface area contributed by atoms with Crippen LogP contribution in [0.5, 0.6) is 0 Å². The second-order valence-electron chi connectivity index (χ2n) is 4.33. The van der Waals surface area contributed by atoms with E-state index in [2.05, 4.69) is 5.32 Å². The van der Waals surface area contributed by atoms with E-state index in [0.717, 1.165) is 25.2 Å². The minimum Gasteiger partial charge on any atom is -0.442 e. The Labute approximate surface area is 104 Å². The van der Waals surface area contributed by atoms with Crippen molar-refractivity contribution in [1.29, 1.82) is 0 Å². The molecular weight excluding hydrogens is 240 g/mol. The number of hydrogen-bond donors (Lipinski definition) is 1. The molecule has 2 saturated heterocycles. The third-order valence-corrected chi connectivity index (χ3v) is 3.53. The van der Waals surface area contributed by atoms with Gasteiger partial charge in [0.2, 0.25) is 0 Å². The van der Waals surface area contributed by atoms with E-state index < -0.39 is 0 Å². The quantitative estimate of drug-likeness (QED) is 0.832. The maximum atomic E-state index is 11.9. The molecule has 0 aromatic heterocycles. The van der Waals surface area contributed by atoms with E-state index in [9.17, 15) is 4.79 Å². The Morgan fingerprint density at radius 3 is 2.88 bits per heavy atom. The highest BCUT2D eigenvalue weighted by Gasteiger charge is 2.43. The van der Waals surface area contributed by atoms with Crippen LogP contribution in [0, 0.1) is 0 Å². The van der Waals surface area contributed by atoms with Crippen molar-refractivity contribution in [2.75, 3.05) is 18.0 Å². The number of carbonyl (C=O) groups is 1. The van der Waals surface area contributed by atoms with Crippen LogP contribution in [0.25, 0.3) is 0 Å². The first-order chi connectivity index (χ1) is 8.25. The van der Waals surface area contributed by atoms with Crippen LogP contribution in [0.3, 0.4) is 0 Å². The van der Waals surface area contributed by atoms with Crippen molar-refractivity contribution < 1.29 is 9.53 Å². The maximum absolute atomic E-state index is 11.9. The number of halogens is 1. The number of carbonyl (C=O) groups excluding carboxylic acids is 1. The minimum atomic E-state index is -0.258. The molecule has 2 atom stereocenters. The summed E-state index contributed by atoms with van der Waals surface area (Å²) in [5, 5.41) is 3.90. The average Bonchev–Trinajstić information content (AvgIpc) is 2.66. The van der Waals surface area contributed by atoms with Gasteiger partial charge in [0.1, 0.15) is 6.10 Å². The molecule has 3 rings (SSSR count). The van der Waals surface area contributed by atoms with E-state index in [0.29, 0.717) is 5.02 Å². The summed E-state index contributed by atoms with van der Waals surface area (Å²) in [4.78, 5) is 13.6. The van der Waals surface area contributed by atoms with Crippen LogP contribution in [0.4, 0.5) is 10.5 Å². The number of nitrogens with one attached hydrogen (secondary N) is 1. The van der Waals surface area contributed by atoms with E-state index in [1.165, 1.54) is 0 Å². The number of benzene rings is 1. The molecule has 0 saturated carbocycles. The summed E-state index contributed by atoms with van der Waals surface area (Å²) >= 11 is 5.85. The van der Waals surface area contributed by atoms with Crippen molar-refractivity contribution in [3.05, 3.63) is 29.3 Å². The van der Waals surface area contributed by atoms with Gasteiger partial charge in [-0.25, -0.2) is 4.79 Å². The highest BCUT2D eigenvalue weighted by molar-refractivity contribution is 6.30. The molecule has 2 heterocycles. The van der Waals surface area contributed by atoms with Crippen molar-refractivity contribution in [3.8, 4) is 0 Å². The number of fused-ring (bicyclic) bond motifs is 1. The lowest BCUT2D eigenvalue weighted by molar-refractivity contribution is 0.121. The molecule has 2 aliphatic heterocycles. The maximum Gasteiger partial charge on any atom is 0.415 e. The van der Waals surface area contributed by atoms with Gasteiger partial charge < -0.3 is 10.1 Å². The largest absolute Gasteiger partial charge is 0.442 e. The van der Waals surface area contributed by atoms with Crippen molar-refractivity contribution in [1.82, 2.24) is 5.32 Å². The standard InChI is InChI=1S/C12H13ClN2O2/c13-8-1-3-9(4-2-8)15-10-5-6-14-7-11(10)17-12(15)16/h1-4,10-11,14H,5-7H2. The fourth-order valence-electron chi connectivity index (χ4n) is 2.45. The number of hydrogen-bond acceptors (Lipinski definition) is 3. The predicted molar refractivity (Wildman–Crippen MR) is 65.5 cm³/mol. The van der Waals surface area contributed by atoms with Crippen molar-refractivity contribution in [2.45, 2.75) is 18.6 Å². The van der Waals surface area contributed by atoms with Crippen LogP contribution in [0.2, 0.25) is 5.02 Å². The van der Waals surface area contributed by atoms with Gasteiger partial charge in [0.15, 0.2) is 0 Å². The molecule has 0 spiro atoms. The molecule has 2 aliphatic rings. The molecule has 0 aliphatic carbocycles. The fraction of sp³-hybridized carbons (Fsp3) is 0.417. The Balaban J connectivity index is 1.90. The summed E-state index contributed by atoms with van der Waals surface area (Å²) in [7, 11) is 0. The molecule has 0 bridgehead atoms. The van der Waals surface area contributed by atoms with Crippen LogP contribution in [-0.2, 0) is 4.74 Å². The Hall–Kier alpha value is -1.26. The third kappa shape index (κ3) is 1.87. The van der Waals surface area contributed by atoms with Crippen LogP contribution in [-0.4, -0.2) is 31.3 Å². The minimum absolute atomic E-state index is 0.0353. The second kappa shape index (κ2) is 4.20. The summed E-state index contributed by atoms with van der Waals surface area (Å²) in [5.74, 6) is 0. The lowest BCUT2D eigenvalue weighted by Gasteiger charge is -2.28. The zero-order valence-corrected chi connectivity index (χ0v) is 9.98. The predicted octanol–water partition coefficient (Wildman–Crippen LogP) is 2.03. The van der Waals surface area contributed by atoms with Gasteiger partial charge in [0.25, 0.3) is 0 Å². The third-order valence-electron chi connectivity index (χ3n) is 3.28. The average molecular weight is 253 g/mol. The number of ether oxygens (including phenoxy) is 1. The summed E-state index contributed by atoms with van der Waals surface area (Å²) in [6.07, 6.45) is 0.622. The van der Waals surface area contributed by atoms with Gasteiger partial charge in [-0.1, -0.05) is 11.6 Å². The molecule has 2 fully saturated rings. The van der Waals surface area contributed by atoms with Crippen molar-refractivity contribution >= 4 is 23.4 Å². The Morgan fingerprint density at radius 2 is 2.12 bits per heavy atom. The highest BCUT2D eigenvalue weighted by Crippen LogP contribution is 2.30. The van der Waals surface area contributed by atoms with Crippen molar-refractivity contribution in [2.24, 2.45) is 0 Å². The molecule has 5 heteroatoms. The van der Waals surface area contributed by atoms with Gasteiger partial charge in [-0.15, -0.1) is 0 Å². The van der Waals surface area contributed by atoms with Gasteiger partial charge in [-0.2, -0.15) is 0 Å². The van der Waals surface area contributed by atoms with Crippen LogP contribution in [0.1, 0.15) is 6.42 Å². The molecule has 4 nitrogen and oxygen atoms in total. The lowest BCUT2D eigenvalue weighted by atomic mass is 10.0. The van der Waals surface area contributed by atoms with Crippen LogP contribution >= 0.6 is 11.6 Å². The van der Waals surface area contributed by atoms with Gasteiger partial charge in [-0.05, 0) is 37.2 Å². The molecule has 1 aromatic rings. The second-order valence-corrected chi connectivity index (χ2v) is 4.77. The molecule has 2 unspecified atom stereocenters. The summed E-state index contributed by atoms with van der Waals surface area (Å²) < 4.78 is 5.35. The zero-order valence-electron chi connectivity index (χ0n) is 9.23. The van der Waals surface area contributed by atoms with Gasteiger partial charge in [0.05, 0.1) is 6.04 Å². The number of nitrogens with zero attached hydrogens (tertiary/aromatic N) is 1. The molecule has 1 amide bonds. The number of amides is 1. The van der Waals surface area contributed by atoms with Crippen molar-refractivity contribution in [3.63, 3.8) is 0 Å². The monoisotopic (exact) mass is 252 g/mol. The van der Waals surface area contributed by atoms with Gasteiger partial charge in [0, 0.05) is 17.3 Å². The van der Waals surface area contributed by atoms with E-state index in [1.54, 1.807) is 17.0 Å². The molecule has 90 valence electrons. The normalized spacial score (nSPS) is 27.8. The first kappa shape index (κ1) is 10.9. The number of anilines is 1. The molecule has 1 aromatic carbocycles. The summed E-state index contributed by atoms with van der Waals surface area (Å²) in [6.45, 7) is 1.66. The fourth-order valence-corrected chi connectivity index (χ4v) is 2.58. The Bertz CT molecular complexity index is 435. The molecule has 1 N–H and O–H groups in total. The topological polar surface area (TPSA) is 41.6 Å². The van der Waals surface area contributed by atoms with E-state index in [1.807, 2.05) is 12.1 Å². The number of piperidine rings is 1. The van der Waals surface area contributed by atoms with Crippen LogP contribution < -0.4 is 10.2 Å². The highest BCUT2D eigenvalue weighted by atomic mass is 35.5. The smallest absolute Gasteiger partial charge is 0.415 e. The van der Waals surface area contributed by atoms with E-state index in [4.69, 9.17) is 16.3 Å². The van der Waals surface area contributed by atoms with E-state index >= 15 is 0 Å². The number of rotatable bonds is 1. The molecule has 17 heavy (non-hydrogen) atoms. The Morgan fingerprint density at radius 1 is 1.35 bits per heavy atom. The lowest BCUT2D eigenvalue weighted by Crippen LogP contribution is -2.47. The first-order valence-electron chi connectivity index (χ1n) is 5.72. The Kier molecular flexibility index (Phi) is 2.68. The van der Waals surface area contributed by atoms with Crippen LogP contribution in [0.15, 0.2) is 24.3 Å². The summed E-state index contributed by atoms with van der Waals surface area (Å²) in [6, 6.07) is 7.43.